The lowest BCUT2D eigenvalue weighted by Gasteiger charge is -2.46. The fourth-order valence-electron chi connectivity index (χ4n) is 11.1. The molecule has 12 atom stereocenters. The van der Waals surface area contributed by atoms with Gasteiger partial charge in [-0.25, -0.2) is 0 Å². The standard InChI is InChI=1S/C65H123NO13/c1-3-5-7-9-11-13-15-17-19-21-23-25-27-28-30-32-34-36-38-40-42-44-46-48-54(69)53(52-76-64-62(75)60(73)63(56(51-68)78-64)79-65-61(74)59(72)58(71)55(50-67)77-65)66-57(70)49-47-45-43-41-39-37-35-33-31-29-26-24-22-20-18-16-14-12-10-8-6-4-2/h38,40,46,48,53-56,58-65,67-69,71-75H,3-37,39,41-45,47,49-52H2,1-2H3,(H,66,70)/b40-38+,48-46+. The molecule has 2 aliphatic heterocycles. The van der Waals surface area contributed by atoms with Gasteiger partial charge in [-0.1, -0.05) is 276 Å². The third-order valence-corrected chi connectivity index (χ3v) is 16.4. The minimum Gasteiger partial charge on any atom is -0.394 e. The highest BCUT2D eigenvalue weighted by atomic mass is 16.7. The van der Waals surface area contributed by atoms with Gasteiger partial charge >= 0.3 is 0 Å². The molecule has 0 aromatic rings. The van der Waals surface area contributed by atoms with Crippen molar-refractivity contribution in [1.29, 1.82) is 0 Å². The molecule has 14 nitrogen and oxygen atoms in total. The van der Waals surface area contributed by atoms with Crippen molar-refractivity contribution in [2.45, 2.75) is 364 Å². The molecular weight excluding hydrogens is 1000 g/mol. The van der Waals surface area contributed by atoms with E-state index in [4.69, 9.17) is 18.9 Å². The third kappa shape index (κ3) is 36.0. The molecule has 0 aliphatic carbocycles. The minimum atomic E-state index is -1.79. The highest BCUT2D eigenvalue weighted by Crippen LogP contribution is 2.30. The number of allylic oxidation sites excluding steroid dienone is 3. The van der Waals surface area contributed by atoms with Crippen molar-refractivity contribution in [3.63, 3.8) is 0 Å². The van der Waals surface area contributed by atoms with Crippen molar-refractivity contribution in [2.24, 2.45) is 0 Å². The minimum absolute atomic E-state index is 0.243. The molecule has 2 saturated heterocycles. The topological polar surface area (TPSA) is 228 Å². The molecular formula is C65H123NO13. The smallest absolute Gasteiger partial charge is 0.220 e. The van der Waals surface area contributed by atoms with Crippen LogP contribution in [-0.2, 0) is 23.7 Å². The number of nitrogens with one attached hydrogen (secondary N) is 1. The van der Waals surface area contributed by atoms with Crippen LogP contribution in [0.25, 0.3) is 0 Å². The highest BCUT2D eigenvalue weighted by Gasteiger charge is 2.51. The summed E-state index contributed by atoms with van der Waals surface area (Å²) in [5.41, 5.74) is 0. The number of amides is 1. The Bertz CT molecular complexity index is 1420. The zero-order valence-corrected chi connectivity index (χ0v) is 50.4. The van der Waals surface area contributed by atoms with Crippen LogP contribution in [0.4, 0.5) is 0 Å². The van der Waals surface area contributed by atoms with Gasteiger partial charge in [0.15, 0.2) is 12.6 Å². The first-order chi connectivity index (χ1) is 38.6. The molecule has 1 amide bonds. The van der Waals surface area contributed by atoms with Crippen molar-refractivity contribution in [3.8, 4) is 0 Å². The summed E-state index contributed by atoms with van der Waals surface area (Å²) in [4.78, 5) is 13.3. The van der Waals surface area contributed by atoms with E-state index in [1.54, 1.807) is 6.08 Å². The van der Waals surface area contributed by atoms with Crippen LogP contribution in [0.15, 0.2) is 24.3 Å². The number of hydrogen-bond acceptors (Lipinski definition) is 13. The largest absolute Gasteiger partial charge is 0.394 e. The van der Waals surface area contributed by atoms with E-state index in [1.807, 2.05) is 6.08 Å². The summed E-state index contributed by atoms with van der Waals surface area (Å²) < 4.78 is 22.8. The maximum absolute atomic E-state index is 13.3. The van der Waals surface area contributed by atoms with E-state index in [9.17, 15) is 45.6 Å². The summed E-state index contributed by atoms with van der Waals surface area (Å²) in [6.07, 6.45) is 45.1. The molecule has 0 aromatic carbocycles. The summed E-state index contributed by atoms with van der Waals surface area (Å²) in [5.74, 6) is -0.243. The van der Waals surface area contributed by atoms with Gasteiger partial charge in [0.2, 0.25) is 5.91 Å². The quantitative estimate of drug-likeness (QED) is 0.0204. The van der Waals surface area contributed by atoms with Crippen molar-refractivity contribution < 1.29 is 64.6 Å². The summed E-state index contributed by atoms with van der Waals surface area (Å²) in [7, 11) is 0. The van der Waals surface area contributed by atoms with Crippen LogP contribution in [0.5, 0.6) is 0 Å². The van der Waals surface area contributed by atoms with Gasteiger partial charge in [-0.05, 0) is 32.1 Å². The second-order valence-corrected chi connectivity index (χ2v) is 23.6. The molecule has 0 aromatic heterocycles. The fourth-order valence-corrected chi connectivity index (χ4v) is 11.1. The first-order valence-corrected chi connectivity index (χ1v) is 33.1. The molecule has 2 aliphatic rings. The van der Waals surface area contributed by atoms with Gasteiger partial charge in [-0.3, -0.25) is 4.79 Å². The Labute approximate surface area is 481 Å². The Morgan fingerprint density at radius 3 is 1.24 bits per heavy atom. The lowest BCUT2D eigenvalue weighted by atomic mass is 9.97. The van der Waals surface area contributed by atoms with Gasteiger partial charge in [0.05, 0.1) is 32.0 Å². The Morgan fingerprint density at radius 1 is 0.443 bits per heavy atom. The molecule has 79 heavy (non-hydrogen) atoms. The third-order valence-electron chi connectivity index (χ3n) is 16.4. The summed E-state index contributed by atoms with van der Waals surface area (Å²) >= 11 is 0. The van der Waals surface area contributed by atoms with E-state index in [0.29, 0.717) is 12.8 Å². The second-order valence-electron chi connectivity index (χ2n) is 23.6. The maximum Gasteiger partial charge on any atom is 0.220 e. The molecule has 0 saturated carbocycles. The Morgan fingerprint density at radius 2 is 0.810 bits per heavy atom. The van der Waals surface area contributed by atoms with Crippen molar-refractivity contribution >= 4 is 5.91 Å². The lowest BCUT2D eigenvalue weighted by Crippen LogP contribution is -2.65. The van der Waals surface area contributed by atoms with Gasteiger partial charge < -0.3 is 65.1 Å². The van der Waals surface area contributed by atoms with E-state index in [0.717, 1.165) is 32.1 Å². The summed E-state index contributed by atoms with van der Waals surface area (Å²) in [6.45, 7) is 2.83. The van der Waals surface area contributed by atoms with Crippen LogP contribution >= 0.6 is 0 Å². The molecule has 2 heterocycles. The molecule has 0 spiro atoms. The highest BCUT2D eigenvalue weighted by molar-refractivity contribution is 5.76. The fraction of sp³-hybridized carbons (Fsp3) is 0.923. The molecule has 12 unspecified atom stereocenters. The van der Waals surface area contributed by atoms with Crippen LogP contribution in [0, 0.1) is 0 Å². The molecule has 0 radical (unpaired) electrons. The van der Waals surface area contributed by atoms with Crippen LogP contribution in [0.1, 0.15) is 290 Å². The maximum atomic E-state index is 13.3. The van der Waals surface area contributed by atoms with E-state index in [-0.39, 0.29) is 18.9 Å². The van der Waals surface area contributed by atoms with Gasteiger partial charge in [0.25, 0.3) is 0 Å². The molecule has 14 heteroatoms. The van der Waals surface area contributed by atoms with E-state index >= 15 is 0 Å². The zero-order chi connectivity index (χ0) is 57.4. The number of carbonyl (C=O) groups is 1. The van der Waals surface area contributed by atoms with Gasteiger partial charge in [-0.15, -0.1) is 0 Å². The number of unbranched alkanes of at least 4 members (excludes halogenated alkanes) is 39. The van der Waals surface area contributed by atoms with Crippen LogP contribution in [0.3, 0.4) is 0 Å². The number of aliphatic hydroxyl groups excluding tert-OH is 8. The number of carbonyl (C=O) groups excluding carboxylic acids is 1. The van der Waals surface area contributed by atoms with Gasteiger partial charge in [-0.2, -0.15) is 0 Å². The molecule has 2 fully saturated rings. The lowest BCUT2D eigenvalue weighted by molar-refractivity contribution is -0.359. The molecule has 2 rings (SSSR count). The molecule has 466 valence electrons. The Hall–Kier alpha value is -1.53. The number of hydrogen-bond donors (Lipinski definition) is 9. The number of ether oxygens (including phenoxy) is 4. The van der Waals surface area contributed by atoms with Crippen LogP contribution in [-0.4, -0.2) is 140 Å². The normalized spacial score (nSPS) is 24.5. The van der Waals surface area contributed by atoms with E-state index in [2.05, 4.69) is 31.3 Å². The molecule has 9 N–H and O–H groups in total. The summed E-state index contributed by atoms with van der Waals surface area (Å²) in [5, 5.41) is 87.3. The van der Waals surface area contributed by atoms with E-state index < -0.39 is 86.8 Å². The summed E-state index contributed by atoms with van der Waals surface area (Å²) in [6, 6.07) is -0.928. The van der Waals surface area contributed by atoms with Crippen molar-refractivity contribution in [2.75, 3.05) is 19.8 Å². The monoisotopic (exact) mass is 1130 g/mol. The van der Waals surface area contributed by atoms with Crippen LogP contribution < -0.4 is 5.32 Å². The molecule has 0 bridgehead atoms. The predicted octanol–water partition coefficient (Wildman–Crippen LogP) is 12.4. The van der Waals surface area contributed by atoms with Crippen molar-refractivity contribution in [1.82, 2.24) is 5.32 Å². The van der Waals surface area contributed by atoms with Gasteiger partial charge in [0.1, 0.15) is 48.8 Å². The predicted molar refractivity (Wildman–Crippen MR) is 318 cm³/mol. The first kappa shape index (κ1) is 73.6. The average Bonchev–Trinajstić information content (AvgIpc) is 3.48. The first-order valence-electron chi connectivity index (χ1n) is 33.1. The van der Waals surface area contributed by atoms with Crippen LogP contribution in [0.2, 0.25) is 0 Å². The number of aliphatic hydroxyl groups is 8. The Kier molecular flexibility index (Phi) is 47.4. The average molecular weight is 1130 g/mol. The SMILES string of the molecule is CCCCCCCCCCCCCCCCCCC/C=C/CC/C=C/C(O)C(COC1OC(CO)C(OC2OC(CO)C(O)C(O)C2O)C(O)C1O)NC(=O)CCCCCCCCCCCCCCCCCCCCCCCC. The zero-order valence-electron chi connectivity index (χ0n) is 50.4. The van der Waals surface area contributed by atoms with E-state index in [1.165, 1.54) is 225 Å². The Balaban J connectivity index is 1.73. The van der Waals surface area contributed by atoms with Gasteiger partial charge in [0, 0.05) is 6.42 Å². The number of rotatable bonds is 54. The second kappa shape index (κ2) is 50.9. The van der Waals surface area contributed by atoms with Crippen molar-refractivity contribution in [3.05, 3.63) is 24.3 Å².